The number of ether oxygens (including phenoxy) is 1. The highest BCUT2D eigenvalue weighted by Gasteiger charge is 2.37. The van der Waals surface area contributed by atoms with Crippen molar-refractivity contribution in [3.05, 3.63) is 82.6 Å². The summed E-state index contributed by atoms with van der Waals surface area (Å²) in [7, 11) is 1.26. The van der Waals surface area contributed by atoms with Crippen LogP contribution < -0.4 is 10.2 Å². The van der Waals surface area contributed by atoms with E-state index in [9.17, 15) is 19.2 Å². The molecule has 9 heteroatoms. The van der Waals surface area contributed by atoms with Crippen molar-refractivity contribution in [1.82, 2.24) is 5.32 Å². The minimum Gasteiger partial charge on any atom is -0.465 e. The fraction of sp³-hybridized carbons (Fsp3) is 0.0435. The number of rotatable bonds is 4. The fourth-order valence-corrected chi connectivity index (χ4v) is 3.40. The zero-order chi connectivity index (χ0) is 22.8. The highest BCUT2D eigenvalue weighted by Crippen LogP contribution is 2.29. The molecule has 4 amide bonds. The quantitative estimate of drug-likeness (QED) is 0.365. The summed E-state index contributed by atoms with van der Waals surface area (Å²) in [5.41, 5.74) is 0.858. The number of carbonyl (C=O) groups excluding carboxylic acids is 4. The number of halogens is 1. The maximum Gasteiger partial charge on any atom is 0.339 e. The van der Waals surface area contributed by atoms with E-state index in [4.69, 9.17) is 16.0 Å². The minimum absolute atomic E-state index is 0.185. The molecule has 1 fully saturated rings. The van der Waals surface area contributed by atoms with Crippen LogP contribution in [0.5, 0.6) is 0 Å². The Labute approximate surface area is 187 Å². The number of imide groups is 2. The Morgan fingerprint density at radius 2 is 1.81 bits per heavy atom. The lowest BCUT2D eigenvalue weighted by molar-refractivity contribution is -0.122. The first-order valence-electron chi connectivity index (χ1n) is 9.33. The molecule has 0 aliphatic carbocycles. The first-order valence-corrected chi connectivity index (χ1v) is 9.71. The predicted molar refractivity (Wildman–Crippen MR) is 116 cm³/mol. The van der Waals surface area contributed by atoms with Crippen LogP contribution >= 0.6 is 11.6 Å². The number of nitrogens with one attached hydrogen (secondary N) is 1. The lowest BCUT2D eigenvalue weighted by Crippen LogP contribution is -2.54. The molecular weight excluding hydrogens is 436 g/mol. The second kappa shape index (κ2) is 8.52. The molecule has 1 aliphatic rings. The monoisotopic (exact) mass is 450 g/mol. The number of nitrogens with zero attached hydrogens (tertiary/aromatic N) is 1. The minimum atomic E-state index is -0.830. The van der Waals surface area contributed by atoms with Crippen molar-refractivity contribution in [1.29, 1.82) is 0 Å². The van der Waals surface area contributed by atoms with E-state index in [1.54, 1.807) is 48.5 Å². The van der Waals surface area contributed by atoms with Crippen molar-refractivity contribution in [2.24, 2.45) is 0 Å². The van der Waals surface area contributed by atoms with Gasteiger partial charge in [0.1, 0.15) is 17.1 Å². The number of barbiturate groups is 1. The fourth-order valence-electron chi connectivity index (χ4n) is 3.14. The van der Waals surface area contributed by atoms with Crippen LogP contribution in [0.15, 0.2) is 70.7 Å². The molecule has 2 heterocycles. The summed E-state index contributed by atoms with van der Waals surface area (Å²) < 4.78 is 10.4. The van der Waals surface area contributed by atoms with Gasteiger partial charge in [0.15, 0.2) is 0 Å². The van der Waals surface area contributed by atoms with Gasteiger partial charge in [0.05, 0.1) is 23.4 Å². The zero-order valence-electron chi connectivity index (χ0n) is 16.6. The van der Waals surface area contributed by atoms with E-state index in [0.29, 0.717) is 17.0 Å². The SMILES string of the molecule is COC(=O)c1ccc(-c2ccc(/C=C3\C(=O)NC(=O)N(c4ccccc4)C3=O)o2)cc1Cl. The van der Waals surface area contributed by atoms with Crippen LogP contribution in [-0.4, -0.2) is 30.9 Å². The second-order valence-corrected chi connectivity index (χ2v) is 7.09. The Bertz CT molecular complexity index is 1280. The summed E-state index contributed by atoms with van der Waals surface area (Å²) in [5.74, 6) is -1.54. The third-order valence-electron chi connectivity index (χ3n) is 4.69. The van der Waals surface area contributed by atoms with Gasteiger partial charge in [-0.1, -0.05) is 35.9 Å². The summed E-state index contributed by atoms with van der Waals surface area (Å²) in [5, 5.41) is 2.34. The number of benzene rings is 2. The number of methoxy groups -OCH3 is 1. The van der Waals surface area contributed by atoms with E-state index < -0.39 is 23.8 Å². The van der Waals surface area contributed by atoms with Crippen molar-refractivity contribution in [3.8, 4) is 11.3 Å². The number of hydrogen-bond acceptors (Lipinski definition) is 6. The van der Waals surface area contributed by atoms with E-state index in [0.717, 1.165) is 4.90 Å². The summed E-state index contributed by atoms with van der Waals surface area (Å²) >= 11 is 6.15. The van der Waals surface area contributed by atoms with Crippen molar-refractivity contribution in [2.45, 2.75) is 0 Å². The number of carbonyl (C=O) groups is 4. The second-order valence-electron chi connectivity index (χ2n) is 6.68. The van der Waals surface area contributed by atoms with Gasteiger partial charge in [-0.25, -0.2) is 14.5 Å². The van der Waals surface area contributed by atoms with Gasteiger partial charge in [-0.2, -0.15) is 0 Å². The Morgan fingerprint density at radius 3 is 2.50 bits per heavy atom. The number of amides is 4. The molecule has 0 atom stereocenters. The number of hydrogen-bond donors (Lipinski definition) is 1. The normalized spacial score (nSPS) is 15.1. The van der Waals surface area contributed by atoms with Crippen LogP contribution in [0.25, 0.3) is 17.4 Å². The molecule has 0 unspecified atom stereocenters. The van der Waals surface area contributed by atoms with Gasteiger partial charge >= 0.3 is 12.0 Å². The predicted octanol–water partition coefficient (Wildman–Crippen LogP) is 4.05. The van der Waals surface area contributed by atoms with Crippen LogP contribution in [0.1, 0.15) is 16.1 Å². The molecule has 32 heavy (non-hydrogen) atoms. The number of para-hydroxylation sites is 1. The van der Waals surface area contributed by atoms with Crippen LogP contribution in [0.4, 0.5) is 10.5 Å². The third kappa shape index (κ3) is 3.91. The van der Waals surface area contributed by atoms with E-state index in [-0.39, 0.29) is 21.9 Å². The third-order valence-corrected chi connectivity index (χ3v) is 5.00. The highest BCUT2D eigenvalue weighted by molar-refractivity contribution is 6.39. The zero-order valence-corrected chi connectivity index (χ0v) is 17.4. The lowest BCUT2D eigenvalue weighted by atomic mass is 10.1. The molecule has 2 aromatic carbocycles. The van der Waals surface area contributed by atoms with Crippen LogP contribution in [0.3, 0.4) is 0 Å². The molecule has 0 spiro atoms. The van der Waals surface area contributed by atoms with E-state index in [1.165, 1.54) is 25.3 Å². The summed E-state index contributed by atoms with van der Waals surface area (Å²) in [6.45, 7) is 0. The topological polar surface area (TPSA) is 106 Å². The van der Waals surface area contributed by atoms with Gasteiger partial charge in [0, 0.05) is 5.56 Å². The van der Waals surface area contributed by atoms with E-state index >= 15 is 0 Å². The molecule has 1 aromatic heterocycles. The van der Waals surface area contributed by atoms with Crippen molar-refractivity contribution in [3.63, 3.8) is 0 Å². The Kier molecular flexibility index (Phi) is 5.61. The van der Waals surface area contributed by atoms with Gasteiger partial charge in [-0.05, 0) is 42.5 Å². The molecule has 1 aliphatic heterocycles. The van der Waals surface area contributed by atoms with Crippen LogP contribution in [0.2, 0.25) is 5.02 Å². The van der Waals surface area contributed by atoms with E-state index in [1.807, 2.05) is 0 Å². The summed E-state index contributed by atoms with van der Waals surface area (Å²) in [6, 6.07) is 15.3. The Hall–Kier alpha value is -4.17. The smallest absolute Gasteiger partial charge is 0.339 e. The molecule has 160 valence electrons. The molecule has 0 radical (unpaired) electrons. The molecule has 0 bridgehead atoms. The molecule has 1 N–H and O–H groups in total. The number of furan rings is 1. The number of anilines is 1. The Balaban J connectivity index is 1.64. The Morgan fingerprint density at radius 1 is 1.06 bits per heavy atom. The molecule has 3 aromatic rings. The maximum atomic E-state index is 12.9. The average Bonchev–Trinajstić information content (AvgIpc) is 3.25. The molecule has 8 nitrogen and oxygen atoms in total. The van der Waals surface area contributed by atoms with Crippen molar-refractivity contribution >= 4 is 47.2 Å². The van der Waals surface area contributed by atoms with Crippen molar-refractivity contribution in [2.75, 3.05) is 12.0 Å². The van der Waals surface area contributed by atoms with Gasteiger partial charge in [0.25, 0.3) is 11.8 Å². The van der Waals surface area contributed by atoms with Gasteiger partial charge in [-0.3, -0.25) is 14.9 Å². The van der Waals surface area contributed by atoms with Crippen LogP contribution in [0, 0.1) is 0 Å². The lowest BCUT2D eigenvalue weighted by Gasteiger charge is -2.26. The molecular formula is C23H15ClN2O6. The first-order chi connectivity index (χ1) is 15.4. The summed E-state index contributed by atoms with van der Waals surface area (Å²) in [6.07, 6.45) is 1.26. The molecule has 1 saturated heterocycles. The maximum absolute atomic E-state index is 12.9. The van der Waals surface area contributed by atoms with Gasteiger partial charge in [-0.15, -0.1) is 0 Å². The molecule has 0 saturated carbocycles. The van der Waals surface area contributed by atoms with Crippen LogP contribution in [-0.2, 0) is 14.3 Å². The van der Waals surface area contributed by atoms with Crippen molar-refractivity contribution < 1.29 is 28.3 Å². The largest absolute Gasteiger partial charge is 0.465 e. The first kappa shape index (κ1) is 21.1. The summed E-state index contributed by atoms with van der Waals surface area (Å²) in [4.78, 5) is 49.9. The van der Waals surface area contributed by atoms with Gasteiger partial charge < -0.3 is 9.15 Å². The number of esters is 1. The molecule has 4 rings (SSSR count). The van der Waals surface area contributed by atoms with E-state index in [2.05, 4.69) is 10.1 Å². The highest BCUT2D eigenvalue weighted by atomic mass is 35.5. The van der Waals surface area contributed by atoms with Gasteiger partial charge in [0.2, 0.25) is 0 Å². The standard InChI is InChI=1S/C23H15ClN2O6/c1-31-22(29)16-9-7-13(11-18(16)24)19-10-8-15(32-19)12-17-20(27)25-23(30)26(21(17)28)14-5-3-2-4-6-14/h2-12H,1H3,(H,25,27,30)/b17-12+. The average molecular weight is 451 g/mol. The number of urea groups is 1.